The number of hydrogen-bond donors (Lipinski definition) is 1. The standard InChI is InChI=1S/C14H11ClF3N3O2/c15-11-9(14(16,17)18)5-6-10(19-11)20-21-12(22)7-3-1-2-4-8(7)13(21)23/h5-6H,1-4H2,(H,19,20). The normalized spacial score (nSPS) is 18.5. The fraction of sp³-hybridized carbons (Fsp3) is 0.357. The molecule has 0 saturated heterocycles. The molecule has 0 bridgehead atoms. The van der Waals surface area contributed by atoms with Gasteiger partial charge in [-0.25, -0.2) is 4.98 Å². The van der Waals surface area contributed by atoms with E-state index in [2.05, 4.69) is 10.4 Å². The van der Waals surface area contributed by atoms with Crippen LogP contribution in [-0.4, -0.2) is 21.8 Å². The predicted octanol–water partition coefficient (Wildman–Crippen LogP) is 3.32. The van der Waals surface area contributed by atoms with E-state index in [-0.39, 0.29) is 5.82 Å². The summed E-state index contributed by atoms with van der Waals surface area (Å²) >= 11 is 5.52. The van der Waals surface area contributed by atoms with Crippen LogP contribution in [0.15, 0.2) is 23.3 Å². The molecule has 122 valence electrons. The lowest BCUT2D eigenvalue weighted by Crippen LogP contribution is -2.37. The number of imide groups is 1. The summed E-state index contributed by atoms with van der Waals surface area (Å²) in [6, 6.07) is 1.77. The number of hydrogen-bond acceptors (Lipinski definition) is 4. The first-order chi connectivity index (χ1) is 10.8. The van der Waals surface area contributed by atoms with E-state index in [0.717, 1.165) is 30.0 Å². The maximum atomic E-state index is 12.6. The van der Waals surface area contributed by atoms with Crippen LogP contribution in [0, 0.1) is 0 Å². The molecule has 1 N–H and O–H groups in total. The zero-order chi connectivity index (χ0) is 16.8. The van der Waals surface area contributed by atoms with Crippen LogP contribution in [0.2, 0.25) is 5.15 Å². The summed E-state index contributed by atoms with van der Waals surface area (Å²) in [5.74, 6) is -1.07. The third kappa shape index (κ3) is 2.78. The lowest BCUT2D eigenvalue weighted by atomic mass is 9.93. The Bertz CT molecular complexity index is 702. The van der Waals surface area contributed by atoms with Crippen molar-refractivity contribution in [2.24, 2.45) is 0 Å². The Balaban J connectivity index is 1.82. The second-order valence-corrected chi connectivity index (χ2v) is 5.61. The topological polar surface area (TPSA) is 62.3 Å². The number of pyridine rings is 1. The van der Waals surface area contributed by atoms with Gasteiger partial charge in [0.1, 0.15) is 11.0 Å². The zero-order valence-corrected chi connectivity index (χ0v) is 12.5. The maximum absolute atomic E-state index is 12.6. The highest BCUT2D eigenvalue weighted by Crippen LogP contribution is 2.35. The van der Waals surface area contributed by atoms with Crippen LogP contribution in [0.4, 0.5) is 19.0 Å². The average molecular weight is 346 g/mol. The van der Waals surface area contributed by atoms with Crippen LogP contribution in [0.5, 0.6) is 0 Å². The molecular weight excluding hydrogens is 335 g/mol. The van der Waals surface area contributed by atoms with E-state index in [9.17, 15) is 22.8 Å². The molecular formula is C14H11ClF3N3O2. The van der Waals surface area contributed by atoms with Crippen molar-refractivity contribution >= 4 is 29.2 Å². The molecule has 0 saturated carbocycles. The monoisotopic (exact) mass is 345 g/mol. The van der Waals surface area contributed by atoms with Gasteiger partial charge in [-0.15, -0.1) is 0 Å². The second kappa shape index (κ2) is 5.52. The smallest absolute Gasteiger partial charge is 0.271 e. The van der Waals surface area contributed by atoms with Crippen LogP contribution in [-0.2, 0) is 15.8 Å². The predicted molar refractivity (Wildman–Crippen MR) is 75.2 cm³/mol. The quantitative estimate of drug-likeness (QED) is 0.660. The molecule has 1 aliphatic carbocycles. The summed E-state index contributed by atoms with van der Waals surface area (Å²) in [5.41, 5.74) is 2.29. The highest BCUT2D eigenvalue weighted by molar-refractivity contribution is 6.30. The third-order valence-electron chi connectivity index (χ3n) is 3.77. The number of aromatic nitrogens is 1. The molecule has 1 aliphatic heterocycles. The van der Waals surface area contributed by atoms with Gasteiger partial charge in [0.2, 0.25) is 0 Å². The van der Waals surface area contributed by atoms with E-state index in [0.29, 0.717) is 24.0 Å². The van der Waals surface area contributed by atoms with Crippen molar-refractivity contribution < 1.29 is 22.8 Å². The Kier molecular flexibility index (Phi) is 3.79. The Morgan fingerprint density at radius 2 is 1.65 bits per heavy atom. The number of amides is 2. The number of carbonyl (C=O) groups is 2. The molecule has 2 aliphatic rings. The lowest BCUT2D eigenvalue weighted by Gasteiger charge is -2.17. The van der Waals surface area contributed by atoms with Gasteiger partial charge >= 0.3 is 6.18 Å². The minimum absolute atomic E-state index is 0.107. The summed E-state index contributed by atoms with van der Waals surface area (Å²) in [4.78, 5) is 28.0. The summed E-state index contributed by atoms with van der Waals surface area (Å²) in [5, 5.41) is 0.0290. The molecule has 5 nitrogen and oxygen atoms in total. The number of halogens is 4. The van der Waals surface area contributed by atoms with E-state index < -0.39 is 28.7 Å². The minimum atomic E-state index is -4.62. The molecule has 0 atom stereocenters. The Morgan fingerprint density at radius 3 is 2.13 bits per heavy atom. The van der Waals surface area contributed by atoms with E-state index in [1.54, 1.807) is 0 Å². The van der Waals surface area contributed by atoms with Gasteiger partial charge in [0, 0.05) is 11.1 Å². The fourth-order valence-corrected chi connectivity index (χ4v) is 2.92. The largest absolute Gasteiger partial charge is 0.419 e. The first-order valence-electron chi connectivity index (χ1n) is 6.90. The van der Waals surface area contributed by atoms with Gasteiger partial charge in [0.15, 0.2) is 0 Å². The number of nitrogens with one attached hydrogen (secondary N) is 1. The Labute approximate surface area is 134 Å². The summed E-state index contributed by atoms with van der Waals surface area (Å²) in [6.07, 6.45) is -1.91. The van der Waals surface area contributed by atoms with Crippen molar-refractivity contribution in [3.63, 3.8) is 0 Å². The summed E-state index contributed by atoms with van der Waals surface area (Å²) < 4.78 is 37.9. The van der Waals surface area contributed by atoms with Gasteiger partial charge < -0.3 is 0 Å². The first kappa shape index (κ1) is 15.8. The van der Waals surface area contributed by atoms with E-state index in [1.807, 2.05) is 0 Å². The molecule has 23 heavy (non-hydrogen) atoms. The van der Waals surface area contributed by atoms with E-state index >= 15 is 0 Å². The molecule has 0 radical (unpaired) electrons. The first-order valence-corrected chi connectivity index (χ1v) is 7.28. The van der Waals surface area contributed by atoms with Crippen molar-refractivity contribution in [3.05, 3.63) is 34.0 Å². The van der Waals surface area contributed by atoms with Crippen molar-refractivity contribution in [2.45, 2.75) is 31.9 Å². The number of anilines is 1. The molecule has 9 heteroatoms. The van der Waals surface area contributed by atoms with Crippen LogP contribution in [0.3, 0.4) is 0 Å². The molecule has 3 rings (SSSR count). The Morgan fingerprint density at radius 1 is 1.09 bits per heavy atom. The number of carbonyl (C=O) groups excluding carboxylic acids is 2. The molecule has 1 aromatic rings. The fourth-order valence-electron chi connectivity index (χ4n) is 2.66. The minimum Gasteiger partial charge on any atom is -0.271 e. The van der Waals surface area contributed by atoms with Crippen LogP contribution >= 0.6 is 11.6 Å². The van der Waals surface area contributed by atoms with Crippen molar-refractivity contribution in [1.82, 2.24) is 9.99 Å². The number of alkyl halides is 3. The highest BCUT2D eigenvalue weighted by atomic mass is 35.5. The number of hydrazine groups is 1. The summed E-state index contributed by atoms with van der Waals surface area (Å²) in [7, 11) is 0. The number of nitrogens with zero attached hydrogens (tertiary/aromatic N) is 2. The molecule has 0 unspecified atom stereocenters. The molecule has 2 amide bonds. The lowest BCUT2D eigenvalue weighted by molar-refractivity contribution is -0.138. The van der Waals surface area contributed by atoms with Gasteiger partial charge in [0.05, 0.1) is 5.56 Å². The molecule has 2 heterocycles. The van der Waals surface area contributed by atoms with Gasteiger partial charge in [0.25, 0.3) is 11.8 Å². The van der Waals surface area contributed by atoms with Crippen molar-refractivity contribution in [2.75, 3.05) is 5.43 Å². The molecule has 0 spiro atoms. The van der Waals surface area contributed by atoms with Gasteiger partial charge in [-0.2, -0.15) is 18.2 Å². The molecule has 0 aromatic carbocycles. The van der Waals surface area contributed by atoms with E-state index in [4.69, 9.17) is 11.6 Å². The number of rotatable bonds is 2. The molecule has 0 fully saturated rings. The van der Waals surface area contributed by atoms with Gasteiger partial charge in [-0.1, -0.05) is 11.6 Å². The zero-order valence-electron chi connectivity index (χ0n) is 11.7. The average Bonchev–Trinajstić information content (AvgIpc) is 2.72. The van der Waals surface area contributed by atoms with Crippen molar-refractivity contribution in [1.29, 1.82) is 0 Å². The maximum Gasteiger partial charge on any atom is 0.419 e. The Hall–Kier alpha value is -2.09. The van der Waals surface area contributed by atoms with Crippen LogP contribution in [0.1, 0.15) is 31.2 Å². The SMILES string of the molecule is O=C1C2=C(CCCC2)C(=O)N1Nc1ccc(C(F)(F)F)c(Cl)n1. The van der Waals surface area contributed by atoms with Crippen LogP contribution in [0.25, 0.3) is 0 Å². The highest BCUT2D eigenvalue weighted by Gasteiger charge is 2.40. The van der Waals surface area contributed by atoms with Crippen molar-refractivity contribution in [3.8, 4) is 0 Å². The van der Waals surface area contributed by atoms with Crippen LogP contribution < -0.4 is 5.43 Å². The second-order valence-electron chi connectivity index (χ2n) is 5.25. The summed E-state index contributed by atoms with van der Waals surface area (Å²) in [6.45, 7) is 0. The van der Waals surface area contributed by atoms with Gasteiger partial charge in [-0.05, 0) is 37.8 Å². The third-order valence-corrected chi connectivity index (χ3v) is 4.06. The molecule has 1 aromatic heterocycles. The van der Waals surface area contributed by atoms with Gasteiger partial charge in [-0.3, -0.25) is 15.0 Å². The van der Waals surface area contributed by atoms with E-state index in [1.165, 1.54) is 0 Å².